The van der Waals surface area contributed by atoms with Crippen molar-refractivity contribution in [3.63, 3.8) is 0 Å². The largest absolute Gasteiger partial charge is 0.338 e. The second-order valence-corrected chi connectivity index (χ2v) is 8.76. The normalized spacial score (nSPS) is 13.5. The van der Waals surface area contributed by atoms with Gasteiger partial charge in [-0.3, -0.25) is 10.2 Å². The predicted molar refractivity (Wildman–Crippen MR) is 129 cm³/mol. The fraction of sp³-hybridized carbons (Fsp3) is 0.760. The van der Waals surface area contributed by atoms with E-state index in [1.165, 1.54) is 64.2 Å². The van der Waals surface area contributed by atoms with Crippen LogP contribution in [0.2, 0.25) is 0 Å². The summed E-state index contributed by atoms with van der Waals surface area (Å²) < 4.78 is 0. The van der Waals surface area contributed by atoms with Gasteiger partial charge in [-0.25, -0.2) is 0 Å². The number of amides is 1. The molecule has 0 atom stereocenters. The second kappa shape index (κ2) is 15.8. The molecule has 174 valence electrons. The van der Waals surface area contributed by atoms with E-state index in [1.54, 1.807) is 0 Å². The summed E-state index contributed by atoms with van der Waals surface area (Å²) in [5, 5.41) is 12.7. The Morgan fingerprint density at radius 2 is 1.68 bits per heavy atom. The maximum atomic E-state index is 12.6. The number of hydrogen-bond acceptors (Lipinski definition) is 5. The number of anilines is 1. The van der Waals surface area contributed by atoms with Crippen LogP contribution in [0.3, 0.4) is 0 Å². The van der Waals surface area contributed by atoms with E-state index in [0.29, 0.717) is 18.8 Å². The van der Waals surface area contributed by atoms with Crippen molar-refractivity contribution in [1.29, 1.82) is 0 Å². The van der Waals surface area contributed by atoms with Gasteiger partial charge in [0.1, 0.15) is 0 Å². The zero-order valence-electron chi connectivity index (χ0n) is 19.9. The minimum Gasteiger partial charge on any atom is -0.338 e. The molecule has 31 heavy (non-hydrogen) atoms. The summed E-state index contributed by atoms with van der Waals surface area (Å²) in [6, 6.07) is 1.98. The molecule has 0 fully saturated rings. The third kappa shape index (κ3) is 10.3. The molecular formula is C25H43N5O. The maximum absolute atomic E-state index is 12.6. The van der Waals surface area contributed by atoms with Crippen molar-refractivity contribution in [2.24, 2.45) is 5.10 Å². The lowest BCUT2D eigenvalue weighted by Crippen LogP contribution is -2.36. The quantitative estimate of drug-likeness (QED) is 0.191. The number of carbonyl (C=O) groups is 1. The van der Waals surface area contributed by atoms with Crippen molar-refractivity contribution in [3.05, 3.63) is 17.3 Å². The molecule has 6 nitrogen and oxygen atoms in total. The van der Waals surface area contributed by atoms with Crippen LogP contribution in [0.15, 0.2) is 11.2 Å². The monoisotopic (exact) mass is 429 g/mol. The molecule has 1 aromatic rings. The average molecular weight is 430 g/mol. The Balaban J connectivity index is 1.60. The molecule has 1 aromatic heterocycles. The van der Waals surface area contributed by atoms with Gasteiger partial charge in [-0.15, -0.1) is 5.10 Å². The first kappa shape index (κ1) is 25.3. The van der Waals surface area contributed by atoms with E-state index in [4.69, 9.17) is 0 Å². The third-order valence-electron chi connectivity index (χ3n) is 5.97. The lowest BCUT2D eigenvalue weighted by molar-refractivity contribution is -0.132. The molecule has 1 N–H and O–H groups in total. The van der Waals surface area contributed by atoms with Crippen molar-refractivity contribution >= 4 is 17.9 Å². The summed E-state index contributed by atoms with van der Waals surface area (Å²) in [5.74, 6) is 0.916. The summed E-state index contributed by atoms with van der Waals surface area (Å²) in [6.45, 7) is 5.77. The van der Waals surface area contributed by atoms with Gasteiger partial charge in [0.2, 0.25) is 5.91 Å². The van der Waals surface area contributed by atoms with Crippen molar-refractivity contribution < 1.29 is 4.79 Å². The Hall–Kier alpha value is -1.98. The molecule has 0 bridgehead atoms. The number of nitrogens with one attached hydrogen (secondary N) is 1. The zero-order valence-corrected chi connectivity index (χ0v) is 19.9. The molecule has 0 saturated heterocycles. The first-order valence-electron chi connectivity index (χ1n) is 12.6. The maximum Gasteiger partial charge on any atom is 0.222 e. The number of hydrazone groups is 1. The lowest BCUT2D eigenvalue weighted by atomic mass is 10.0. The van der Waals surface area contributed by atoms with E-state index in [9.17, 15) is 4.79 Å². The van der Waals surface area contributed by atoms with Crippen LogP contribution in [-0.2, 0) is 17.8 Å². The number of rotatable bonds is 16. The molecule has 0 radical (unpaired) electrons. The fourth-order valence-corrected chi connectivity index (χ4v) is 4.00. The molecular weight excluding hydrogens is 386 g/mol. The summed E-state index contributed by atoms with van der Waals surface area (Å²) in [6.07, 6.45) is 19.7. The van der Waals surface area contributed by atoms with Gasteiger partial charge in [0, 0.05) is 32.1 Å². The van der Waals surface area contributed by atoms with E-state index in [1.807, 2.05) is 17.2 Å². The number of unbranched alkanes of at least 4 members (excludes halogenated alkanes) is 11. The highest BCUT2D eigenvalue weighted by Crippen LogP contribution is 2.20. The summed E-state index contributed by atoms with van der Waals surface area (Å²) in [5.41, 5.74) is 5.03. The average Bonchev–Trinajstić information content (AvgIpc) is 2.79. The van der Waals surface area contributed by atoms with E-state index in [-0.39, 0.29) is 5.91 Å². The van der Waals surface area contributed by atoms with Crippen molar-refractivity contribution in [3.8, 4) is 0 Å². The van der Waals surface area contributed by atoms with Crippen LogP contribution in [0.1, 0.15) is 115 Å². The highest BCUT2D eigenvalue weighted by molar-refractivity contribution is 5.76. The molecule has 2 heterocycles. The minimum atomic E-state index is 0.272. The number of nitrogens with zero attached hydrogens (tertiary/aromatic N) is 4. The Morgan fingerprint density at radius 1 is 1.00 bits per heavy atom. The van der Waals surface area contributed by atoms with Crippen LogP contribution in [0.4, 0.5) is 5.82 Å². The summed E-state index contributed by atoms with van der Waals surface area (Å²) >= 11 is 0. The summed E-state index contributed by atoms with van der Waals surface area (Å²) in [7, 11) is 0. The Kier molecular flexibility index (Phi) is 12.9. The van der Waals surface area contributed by atoms with Gasteiger partial charge < -0.3 is 4.90 Å². The molecule has 6 heteroatoms. The molecule has 1 amide bonds. The van der Waals surface area contributed by atoms with Crippen molar-refractivity contribution in [1.82, 2.24) is 15.1 Å². The zero-order chi connectivity index (χ0) is 22.2. The van der Waals surface area contributed by atoms with Crippen molar-refractivity contribution in [2.45, 2.75) is 117 Å². The first-order valence-corrected chi connectivity index (χ1v) is 12.6. The highest BCUT2D eigenvalue weighted by atomic mass is 16.2. The van der Waals surface area contributed by atoms with Crippen LogP contribution in [0, 0.1) is 0 Å². The van der Waals surface area contributed by atoms with E-state index >= 15 is 0 Å². The first-order chi connectivity index (χ1) is 15.2. The number of aromatic nitrogens is 2. The second-order valence-electron chi connectivity index (χ2n) is 8.76. The van der Waals surface area contributed by atoms with Crippen LogP contribution in [0.25, 0.3) is 0 Å². The van der Waals surface area contributed by atoms with Gasteiger partial charge >= 0.3 is 0 Å². The SMILES string of the molecule is CCC/C=N\Nc1cc2c(nn1)CCN(C(=O)CCCCCCCCCCCCC)C2. The van der Waals surface area contributed by atoms with Crippen molar-refractivity contribution in [2.75, 3.05) is 12.0 Å². The number of hydrogen-bond donors (Lipinski definition) is 1. The third-order valence-corrected chi connectivity index (χ3v) is 5.97. The van der Waals surface area contributed by atoms with Gasteiger partial charge in [0.15, 0.2) is 5.82 Å². The molecule has 0 saturated carbocycles. The summed E-state index contributed by atoms with van der Waals surface area (Å²) in [4.78, 5) is 14.6. The molecule has 0 aliphatic carbocycles. The number of fused-ring (bicyclic) bond motifs is 1. The Bertz CT molecular complexity index is 661. The molecule has 1 aliphatic heterocycles. The van der Waals surface area contributed by atoms with Crippen LogP contribution in [-0.4, -0.2) is 33.8 Å². The molecule has 1 aliphatic rings. The molecule has 0 spiro atoms. The van der Waals surface area contributed by atoms with Gasteiger partial charge in [0.25, 0.3) is 0 Å². The van der Waals surface area contributed by atoms with E-state index in [0.717, 1.165) is 43.5 Å². The van der Waals surface area contributed by atoms with Gasteiger partial charge in [-0.05, 0) is 24.5 Å². The van der Waals surface area contributed by atoms with Gasteiger partial charge in [-0.1, -0.05) is 84.5 Å². The van der Waals surface area contributed by atoms with E-state index in [2.05, 4.69) is 34.6 Å². The molecule has 0 unspecified atom stereocenters. The van der Waals surface area contributed by atoms with Crippen LogP contribution in [0.5, 0.6) is 0 Å². The fourth-order valence-electron chi connectivity index (χ4n) is 4.00. The molecule has 2 rings (SSSR count). The lowest BCUT2D eigenvalue weighted by Gasteiger charge is -2.28. The van der Waals surface area contributed by atoms with Crippen LogP contribution < -0.4 is 5.43 Å². The topological polar surface area (TPSA) is 70.5 Å². The standard InChI is InChI=1S/C25H43N5O/c1-3-5-7-8-9-10-11-12-13-14-15-16-25(31)30-19-17-23-22(21-30)20-24(29-27-23)28-26-18-6-4-2/h18,20H,3-17,19,21H2,1-2H3,(H,28,29)/b26-18-. The number of carbonyl (C=O) groups excluding carboxylic acids is 1. The predicted octanol–water partition coefficient (Wildman–Crippen LogP) is 6.26. The van der Waals surface area contributed by atoms with E-state index < -0.39 is 0 Å². The minimum absolute atomic E-state index is 0.272. The Morgan fingerprint density at radius 3 is 2.35 bits per heavy atom. The van der Waals surface area contributed by atoms with Gasteiger partial charge in [-0.2, -0.15) is 10.2 Å². The van der Waals surface area contributed by atoms with Crippen LogP contribution >= 0.6 is 0 Å². The smallest absolute Gasteiger partial charge is 0.222 e. The van der Waals surface area contributed by atoms with Gasteiger partial charge in [0.05, 0.1) is 5.69 Å². The highest BCUT2D eigenvalue weighted by Gasteiger charge is 2.22. The Labute approximate surface area is 189 Å². The molecule has 0 aromatic carbocycles.